The molecule has 0 radical (unpaired) electrons. The zero-order valence-corrected chi connectivity index (χ0v) is 12.2. The third-order valence-electron chi connectivity index (χ3n) is 3.36. The van der Waals surface area contributed by atoms with Gasteiger partial charge in [0.15, 0.2) is 0 Å². The Balaban J connectivity index is 1.84. The van der Waals surface area contributed by atoms with Crippen LogP contribution < -0.4 is 10.6 Å². The Morgan fingerprint density at radius 2 is 1.00 bits per heavy atom. The first kappa shape index (κ1) is 14.2. The van der Waals surface area contributed by atoms with Crippen molar-refractivity contribution in [3.63, 3.8) is 0 Å². The van der Waals surface area contributed by atoms with Gasteiger partial charge in [-0.25, -0.2) is 0 Å². The molecule has 104 valence electrons. The minimum absolute atomic E-state index is 0.858. The highest BCUT2D eigenvalue weighted by Crippen LogP contribution is 2.03. The molecule has 2 aromatic carbocycles. The lowest BCUT2D eigenvalue weighted by atomic mass is 10.2. The molecule has 0 atom stereocenters. The Hall–Kier alpha value is -2.22. The van der Waals surface area contributed by atoms with Crippen molar-refractivity contribution in [2.45, 2.75) is 26.9 Å². The van der Waals surface area contributed by atoms with Crippen LogP contribution in [0.3, 0.4) is 0 Å². The summed E-state index contributed by atoms with van der Waals surface area (Å²) < 4.78 is 0. The zero-order valence-electron chi connectivity index (χ0n) is 12.2. The van der Waals surface area contributed by atoms with E-state index in [2.05, 4.69) is 73.0 Å². The second-order valence-corrected chi connectivity index (χ2v) is 4.93. The molecular weight excluding hydrogens is 244 g/mol. The fourth-order valence-electron chi connectivity index (χ4n) is 1.93. The number of nitrogens with one attached hydrogen (secondary N) is 2. The Bertz CT molecular complexity index is 493. The van der Waals surface area contributed by atoms with Gasteiger partial charge in [0.25, 0.3) is 0 Å². The maximum Gasteiger partial charge on any atom is 0.0398 e. The van der Waals surface area contributed by atoms with Crippen molar-refractivity contribution in [2.75, 3.05) is 0 Å². The van der Waals surface area contributed by atoms with Crippen LogP contribution >= 0.6 is 0 Å². The summed E-state index contributed by atoms with van der Waals surface area (Å²) in [4.78, 5) is 0. The zero-order chi connectivity index (χ0) is 14.2. The first-order valence-electron chi connectivity index (χ1n) is 6.99. The summed E-state index contributed by atoms with van der Waals surface area (Å²) in [5.41, 5.74) is 4.96. The Morgan fingerprint density at radius 3 is 1.35 bits per heavy atom. The number of rotatable bonds is 6. The van der Waals surface area contributed by atoms with Crippen LogP contribution in [-0.4, -0.2) is 0 Å². The van der Waals surface area contributed by atoms with E-state index >= 15 is 0 Å². The van der Waals surface area contributed by atoms with Gasteiger partial charge in [-0.1, -0.05) is 60.7 Å². The molecule has 0 aromatic heterocycles. The summed E-state index contributed by atoms with van der Waals surface area (Å²) >= 11 is 0. The quantitative estimate of drug-likeness (QED) is 0.830. The van der Waals surface area contributed by atoms with Gasteiger partial charge in [-0.2, -0.15) is 0 Å². The summed E-state index contributed by atoms with van der Waals surface area (Å²) in [6.45, 7) is 5.93. The van der Waals surface area contributed by atoms with Crippen molar-refractivity contribution >= 4 is 0 Å². The van der Waals surface area contributed by atoms with E-state index in [4.69, 9.17) is 0 Å². The van der Waals surface area contributed by atoms with Crippen molar-refractivity contribution in [1.82, 2.24) is 10.6 Å². The second kappa shape index (κ2) is 7.39. The molecule has 0 bridgehead atoms. The fourth-order valence-corrected chi connectivity index (χ4v) is 1.93. The van der Waals surface area contributed by atoms with Gasteiger partial charge < -0.3 is 10.6 Å². The molecule has 2 rings (SSSR count). The lowest BCUT2D eigenvalue weighted by Gasteiger charge is -2.13. The first-order valence-corrected chi connectivity index (χ1v) is 6.99. The lowest BCUT2D eigenvalue weighted by molar-refractivity contribution is 0.737. The molecule has 0 unspecified atom stereocenters. The van der Waals surface area contributed by atoms with Crippen LogP contribution in [0.4, 0.5) is 0 Å². The van der Waals surface area contributed by atoms with Crippen LogP contribution in [0.1, 0.15) is 25.0 Å². The molecule has 0 heterocycles. The molecule has 0 fully saturated rings. The first-order chi connectivity index (χ1) is 9.75. The number of hydrogen-bond donors (Lipinski definition) is 2. The lowest BCUT2D eigenvalue weighted by Crippen LogP contribution is -2.19. The predicted molar refractivity (Wildman–Crippen MR) is 84.9 cm³/mol. The van der Waals surface area contributed by atoms with E-state index in [1.165, 1.54) is 22.5 Å². The van der Waals surface area contributed by atoms with Crippen LogP contribution in [0.15, 0.2) is 72.1 Å². The summed E-state index contributed by atoms with van der Waals surface area (Å²) in [6.07, 6.45) is 0. The third-order valence-corrected chi connectivity index (χ3v) is 3.36. The maximum atomic E-state index is 3.45. The van der Waals surface area contributed by atoms with Gasteiger partial charge in [0.1, 0.15) is 0 Å². The van der Waals surface area contributed by atoms with Crippen LogP contribution in [0.25, 0.3) is 0 Å². The summed E-state index contributed by atoms with van der Waals surface area (Å²) in [5.74, 6) is 0. The van der Waals surface area contributed by atoms with Crippen molar-refractivity contribution < 1.29 is 0 Å². The summed E-state index contributed by atoms with van der Waals surface area (Å²) in [5, 5.41) is 6.90. The van der Waals surface area contributed by atoms with E-state index in [1.807, 2.05) is 12.1 Å². The number of allylic oxidation sites excluding steroid dienone is 2. The predicted octanol–water partition coefficient (Wildman–Crippen LogP) is 3.82. The SMILES string of the molecule is CC(NCc1ccccc1)=C(C)NCc1ccccc1. The normalized spacial score (nSPS) is 11.7. The van der Waals surface area contributed by atoms with Gasteiger partial charge >= 0.3 is 0 Å². The standard InChI is InChI=1S/C18H22N2/c1-15(19-13-17-9-5-3-6-10-17)16(2)20-14-18-11-7-4-8-12-18/h3-12,19-20H,13-14H2,1-2H3. The largest absolute Gasteiger partial charge is 0.383 e. The third kappa shape index (κ3) is 4.47. The molecule has 0 spiro atoms. The van der Waals surface area contributed by atoms with Crippen LogP contribution in [0.5, 0.6) is 0 Å². The molecule has 2 nitrogen and oxygen atoms in total. The maximum absolute atomic E-state index is 3.45. The Morgan fingerprint density at radius 1 is 0.650 bits per heavy atom. The van der Waals surface area contributed by atoms with Crippen LogP contribution in [-0.2, 0) is 13.1 Å². The van der Waals surface area contributed by atoms with E-state index < -0.39 is 0 Å². The van der Waals surface area contributed by atoms with Gasteiger partial charge in [-0.05, 0) is 25.0 Å². The van der Waals surface area contributed by atoms with Crippen molar-refractivity contribution in [3.05, 3.63) is 83.2 Å². The minimum Gasteiger partial charge on any atom is -0.383 e. The molecule has 0 amide bonds. The van der Waals surface area contributed by atoms with Gasteiger partial charge in [0, 0.05) is 24.5 Å². The van der Waals surface area contributed by atoms with Gasteiger partial charge in [-0.15, -0.1) is 0 Å². The molecule has 0 aliphatic carbocycles. The molecule has 0 saturated carbocycles. The van der Waals surface area contributed by atoms with Crippen LogP contribution in [0, 0.1) is 0 Å². The van der Waals surface area contributed by atoms with Crippen molar-refractivity contribution in [2.24, 2.45) is 0 Å². The van der Waals surface area contributed by atoms with E-state index in [0.717, 1.165) is 13.1 Å². The summed E-state index contributed by atoms with van der Waals surface area (Å²) in [6, 6.07) is 20.9. The van der Waals surface area contributed by atoms with Crippen molar-refractivity contribution in [3.8, 4) is 0 Å². The molecular formula is C18H22N2. The second-order valence-electron chi connectivity index (χ2n) is 4.93. The fraction of sp³-hybridized carbons (Fsp3) is 0.222. The highest BCUT2D eigenvalue weighted by atomic mass is 14.9. The Labute approximate surface area is 121 Å². The molecule has 20 heavy (non-hydrogen) atoms. The molecule has 0 saturated heterocycles. The monoisotopic (exact) mass is 266 g/mol. The van der Waals surface area contributed by atoms with E-state index in [-0.39, 0.29) is 0 Å². The molecule has 2 heteroatoms. The van der Waals surface area contributed by atoms with Gasteiger partial charge in [0.05, 0.1) is 0 Å². The molecule has 2 N–H and O–H groups in total. The summed E-state index contributed by atoms with van der Waals surface area (Å²) in [7, 11) is 0. The van der Waals surface area contributed by atoms with E-state index in [9.17, 15) is 0 Å². The van der Waals surface area contributed by atoms with Crippen molar-refractivity contribution in [1.29, 1.82) is 0 Å². The van der Waals surface area contributed by atoms with Crippen LogP contribution in [0.2, 0.25) is 0 Å². The Kier molecular flexibility index (Phi) is 5.24. The smallest absolute Gasteiger partial charge is 0.0398 e. The van der Waals surface area contributed by atoms with Gasteiger partial charge in [0.2, 0.25) is 0 Å². The highest BCUT2D eigenvalue weighted by Gasteiger charge is 1.98. The molecule has 0 aliphatic rings. The topological polar surface area (TPSA) is 24.1 Å². The molecule has 2 aromatic rings. The average molecular weight is 266 g/mol. The van der Waals surface area contributed by atoms with E-state index in [1.54, 1.807) is 0 Å². The average Bonchev–Trinajstić information content (AvgIpc) is 2.52. The number of benzene rings is 2. The number of hydrogen-bond acceptors (Lipinski definition) is 2. The van der Waals surface area contributed by atoms with E-state index in [0.29, 0.717) is 0 Å². The van der Waals surface area contributed by atoms with Gasteiger partial charge in [-0.3, -0.25) is 0 Å². The molecule has 0 aliphatic heterocycles. The minimum atomic E-state index is 0.858. The highest BCUT2D eigenvalue weighted by molar-refractivity contribution is 5.18.